The number of rotatable bonds is 6. The van der Waals surface area contributed by atoms with Crippen LogP contribution in [-0.2, 0) is 4.79 Å². The maximum absolute atomic E-state index is 12.7. The van der Waals surface area contributed by atoms with Crippen LogP contribution < -0.4 is 15.4 Å². The van der Waals surface area contributed by atoms with Gasteiger partial charge >= 0.3 is 6.03 Å². The number of urea groups is 1. The van der Waals surface area contributed by atoms with Gasteiger partial charge in [0.15, 0.2) is 0 Å². The second-order valence-electron chi connectivity index (χ2n) is 7.44. The Bertz CT molecular complexity index is 825. The Kier molecular flexibility index (Phi) is 7.11. The third-order valence-corrected chi connectivity index (χ3v) is 5.53. The van der Waals surface area contributed by atoms with Crippen molar-refractivity contribution in [1.29, 1.82) is 0 Å². The molecule has 6 heteroatoms. The van der Waals surface area contributed by atoms with E-state index in [0.717, 1.165) is 18.5 Å². The summed E-state index contributed by atoms with van der Waals surface area (Å²) >= 11 is 0. The van der Waals surface area contributed by atoms with Gasteiger partial charge in [0.05, 0.1) is 7.11 Å². The molecule has 2 aromatic carbocycles. The van der Waals surface area contributed by atoms with E-state index >= 15 is 0 Å². The topological polar surface area (TPSA) is 70.7 Å². The van der Waals surface area contributed by atoms with E-state index < -0.39 is 0 Å². The van der Waals surface area contributed by atoms with Crippen molar-refractivity contribution in [1.82, 2.24) is 4.90 Å². The normalized spacial score (nSPS) is 18.8. The first-order chi connectivity index (χ1) is 14.1. The van der Waals surface area contributed by atoms with E-state index in [1.807, 2.05) is 53.4 Å². The quantitative estimate of drug-likeness (QED) is 0.751. The molecule has 0 spiro atoms. The Morgan fingerprint density at radius 2 is 1.79 bits per heavy atom. The molecule has 0 aromatic heterocycles. The zero-order valence-corrected chi connectivity index (χ0v) is 17.1. The van der Waals surface area contributed by atoms with Crippen molar-refractivity contribution in [2.75, 3.05) is 30.8 Å². The third kappa shape index (κ3) is 5.73. The van der Waals surface area contributed by atoms with Crippen molar-refractivity contribution >= 4 is 23.3 Å². The van der Waals surface area contributed by atoms with Gasteiger partial charge in [0.2, 0.25) is 5.91 Å². The number of ether oxygens (including phenoxy) is 1. The Labute approximate surface area is 172 Å². The molecule has 2 N–H and O–H groups in total. The molecular formula is C23H29N3O3. The Morgan fingerprint density at radius 3 is 2.52 bits per heavy atom. The van der Waals surface area contributed by atoms with E-state index in [0.29, 0.717) is 36.9 Å². The molecule has 0 unspecified atom stereocenters. The van der Waals surface area contributed by atoms with Gasteiger partial charge in [0, 0.05) is 37.0 Å². The summed E-state index contributed by atoms with van der Waals surface area (Å²) < 4.78 is 5.21. The summed E-state index contributed by atoms with van der Waals surface area (Å²) in [6.07, 6.45) is 2.25. The van der Waals surface area contributed by atoms with Crippen molar-refractivity contribution in [2.24, 2.45) is 11.8 Å². The van der Waals surface area contributed by atoms with Gasteiger partial charge in [0.1, 0.15) is 5.75 Å². The van der Waals surface area contributed by atoms with Crippen LogP contribution in [0.3, 0.4) is 0 Å². The number of nitrogens with zero attached hydrogens (tertiary/aromatic N) is 1. The number of amides is 3. The summed E-state index contributed by atoms with van der Waals surface area (Å²) in [4.78, 5) is 27.0. The molecule has 3 amide bonds. The summed E-state index contributed by atoms with van der Waals surface area (Å²) in [5.74, 6) is 1.33. The lowest BCUT2D eigenvalue weighted by molar-refractivity contribution is -0.117. The molecule has 1 saturated heterocycles. The van der Waals surface area contributed by atoms with Crippen LogP contribution in [0.2, 0.25) is 0 Å². The molecule has 3 rings (SSSR count). The molecule has 2 aromatic rings. The first-order valence-electron chi connectivity index (χ1n) is 10.1. The number of carbonyl (C=O) groups excluding carboxylic acids is 2. The molecule has 2 atom stereocenters. The van der Waals surface area contributed by atoms with E-state index in [4.69, 9.17) is 4.74 Å². The van der Waals surface area contributed by atoms with Crippen LogP contribution in [0.1, 0.15) is 26.2 Å². The van der Waals surface area contributed by atoms with E-state index in [-0.39, 0.29) is 17.9 Å². The number of anilines is 2. The molecule has 1 fully saturated rings. The van der Waals surface area contributed by atoms with Gasteiger partial charge in [-0.3, -0.25) is 4.79 Å². The lowest BCUT2D eigenvalue weighted by Gasteiger charge is -2.38. The smallest absolute Gasteiger partial charge is 0.321 e. The second-order valence-corrected chi connectivity index (χ2v) is 7.44. The minimum absolute atomic E-state index is 0.0360. The second kappa shape index (κ2) is 9.96. The fourth-order valence-electron chi connectivity index (χ4n) is 3.87. The van der Waals surface area contributed by atoms with Crippen LogP contribution in [0.15, 0.2) is 54.6 Å². The van der Waals surface area contributed by atoms with Crippen molar-refractivity contribution in [3.05, 3.63) is 54.6 Å². The minimum atomic E-state index is -0.108. The minimum Gasteiger partial charge on any atom is -0.497 e. The zero-order valence-electron chi connectivity index (χ0n) is 17.1. The van der Waals surface area contributed by atoms with Crippen molar-refractivity contribution in [3.8, 4) is 5.75 Å². The fraction of sp³-hybridized carbons (Fsp3) is 0.391. The van der Waals surface area contributed by atoms with Crippen molar-refractivity contribution < 1.29 is 14.3 Å². The number of piperidine rings is 1. The summed E-state index contributed by atoms with van der Waals surface area (Å²) in [6.45, 7) is 3.43. The van der Waals surface area contributed by atoms with E-state index in [2.05, 4.69) is 17.6 Å². The first-order valence-corrected chi connectivity index (χ1v) is 10.1. The van der Waals surface area contributed by atoms with Gasteiger partial charge in [-0.2, -0.15) is 0 Å². The van der Waals surface area contributed by atoms with Crippen LogP contribution >= 0.6 is 0 Å². The van der Waals surface area contributed by atoms with E-state index in [1.165, 1.54) is 0 Å². The molecule has 0 radical (unpaired) electrons. The molecular weight excluding hydrogens is 366 g/mol. The van der Waals surface area contributed by atoms with Crippen LogP contribution in [0.25, 0.3) is 0 Å². The molecule has 1 heterocycles. The lowest BCUT2D eigenvalue weighted by Crippen LogP contribution is -2.46. The molecule has 0 saturated carbocycles. The summed E-state index contributed by atoms with van der Waals surface area (Å²) in [5.41, 5.74) is 1.53. The SMILES string of the molecule is CC[C@H]1CN(C(=O)Nc2cccc(OC)c2)CC[C@H]1CC(=O)Nc1ccccc1. The largest absolute Gasteiger partial charge is 0.497 e. The first kappa shape index (κ1) is 20.7. The Morgan fingerprint density at radius 1 is 1.03 bits per heavy atom. The van der Waals surface area contributed by atoms with Gasteiger partial charge in [-0.05, 0) is 42.5 Å². The molecule has 29 heavy (non-hydrogen) atoms. The predicted octanol–water partition coefficient (Wildman–Crippen LogP) is 4.60. The fourth-order valence-corrected chi connectivity index (χ4v) is 3.87. The number of likely N-dealkylation sites (tertiary alicyclic amines) is 1. The monoisotopic (exact) mass is 395 g/mol. The highest BCUT2D eigenvalue weighted by Crippen LogP contribution is 2.30. The number of carbonyl (C=O) groups is 2. The standard InChI is InChI=1S/C23H29N3O3/c1-3-17-16-26(23(28)25-20-10-7-11-21(15-20)29-2)13-12-18(17)14-22(27)24-19-8-5-4-6-9-19/h4-11,15,17-18H,3,12-14,16H2,1-2H3,(H,24,27)(H,25,28)/t17-,18-/m0/s1. The highest BCUT2D eigenvalue weighted by Gasteiger charge is 2.31. The van der Waals surface area contributed by atoms with Crippen LogP contribution in [-0.4, -0.2) is 37.0 Å². The summed E-state index contributed by atoms with van der Waals surface area (Å²) in [5, 5.41) is 5.91. The van der Waals surface area contributed by atoms with Gasteiger partial charge < -0.3 is 20.3 Å². The number of benzene rings is 2. The molecule has 0 bridgehead atoms. The third-order valence-electron chi connectivity index (χ3n) is 5.53. The van der Waals surface area contributed by atoms with Crippen LogP contribution in [0.4, 0.5) is 16.2 Å². The average Bonchev–Trinajstić information content (AvgIpc) is 2.74. The van der Waals surface area contributed by atoms with Gasteiger partial charge in [-0.1, -0.05) is 37.6 Å². The van der Waals surface area contributed by atoms with Crippen LogP contribution in [0.5, 0.6) is 5.75 Å². The van der Waals surface area contributed by atoms with E-state index in [9.17, 15) is 9.59 Å². The average molecular weight is 396 g/mol. The number of methoxy groups -OCH3 is 1. The molecule has 1 aliphatic rings. The summed E-state index contributed by atoms with van der Waals surface area (Å²) in [7, 11) is 1.60. The number of para-hydroxylation sites is 1. The lowest BCUT2D eigenvalue weighted by atomic mass is 9.81. The number of hydrogen-bond acceptors (Lipinski definition) is 3. The molecule has 1 aliphatic heterocycles. The van der Waals surface area contributed by atoms with Gasteiger partial charge in [0.25, 0.3) is 0 Å². The zero-order chi connectivity index (χ0) is 20.6. The van der Waals surface area contributed by atoms with Crippen molar-refractivity contribution in [2.45, 2.75) is 26.2 Å². The highest BCUT2D eigenvalue weighted by molar-refractivity contribution is 5.91. The Balaban J connectivity index is 1.54. The number of nitrogens with one attached hydrogen (secondary N) is 2. The summed E-state index contributed by atoms with van der Waals surface area (Å²) in [6, 6.07) is 16.7. The predicted molar refractivity (Wildman–Crippen MR) is 115 cm³/mol. The van der Waals surface area contributed by atoms with Crippen LogP contribution in [0, 0.1) is 11.8 Å². The van der Waals surface area contributed by atoms with Gasteiger partial charge in [-0.15, -0.1) is 0 Å². The van der Waals surface area contributed by atoms with E-state index in [1.54, 1.807) is 13.2 Å². The molecule has 0 aliphatic carbocycles. The maximum atomic E-state index is 12.7. The Hall–Kier alpha value is -3.02. The van der Waals surface area contributed by atoms with Crippen molar-refractivity contribution in [3.63, 3.8) is 0 Å². The molecule has 154 valence electrons. The highest BCUT2D eigenvalue weighted by atomic mass is 16.5. The van der Waals surface area contributed by atoms with Gasteiger partial charge in [-0.25, -0.2) is 4.79 Å². The maximum Gasteiger partial charge on any atom is 0.321 e. The molecule has 6 nitrogen and oxygen atoms in total. The number of hydrogen-bond donors (Lipinski definition) is 2.